The van der Waals surface area contributed by atoms with Gasteiger partial charge in [0.2, 0.25) is 8.32 Å². The Hall–Kier alpha value is -0.276. The topological polar surface area (TPSA) is 55.8 Å². The lowest BCUT2D eigenvalue weighted by atomic mass is 9.68. The van der Waals surface area contributed by atoms with Gasteiger partial charge in [0.15, 0.2) is 8.32 Å². The first-order valence-electron chi connectivity index (χ1n) is 17.9. The summed E-state index contributed by atoms with van der Waals surface area (Å²) in [5.74, 6) is 0.706. The molecule has 0 aromatic heterocycles. The SMILES string of the molecule is CC(C)C1=C(CO[Si](C(C)C)(C(C)C)C(C)C)[C@@](C)(C(O)[C@H]2C(=O)CC[C@H]2[C@@H](C)CO[Si](C(C)C)(C(C)C)C(C)C)CC1. The van der Waals surface area contributed by atoms with Crippen molar-refractivity contribution in [2.45, 2.75) is 176 Å². The van der Waals surface area contributed by atoms with Crippen molar-refractivity contribution in [3.63, 3.8) is 0 Å². The molecule has 0 heterocycles. The van der Waals surface area contributed by atoms with Crippen LogP contribution in [0, 0.1) is 29.1 Å². The van der Waals surface area contributed by atoms with E-state index in [0.29, 0.717) is 58.8 Å². The minimum Gasteiger partial charge on any atom is -0.416 e. The zero-order valence-electron chi connectivity index (χ0n) is 31.3. The first-order valence-corrected chi connectivity index (χ1v) is 22.2. The van der Waals surface area contributed by atoms with E-state index >= 15 is 0 Å². The number of Topliss-reactive ketones (excluding diaryl/α,β-unsaturated/α-hetero) is 1. The normalized spacial score (nSPS) is 25.7. The highest BCUT2D eigenvalue weighted by molar-refractivity contribution is 6.78. The van der Waals surface area contributed by atoms with Gasteiger partial charge in [-0.1, -0.05) is 116 Å². The van der Waals surface area contributed by atoms with Crippen LogP contribution in [0.4, 0.5) is 0 Å². The lowest BCUT2D eigenvalue weighted by Crippen LogP contribution is -2.50. The van der Waals surface area contributed by atoms with E-state index < -0.39 is 28.2 Å². The largest absolute Gasteiger partial charge is 0.416 e. The molecular formula is C37H72O4Si2. The predicted molar refractivity (Wildman–Crippen MR) is 190 cm³/mol. The number of carbonyl (C=O) groups excluding carboxylic acids is 1. The highest BCUT2D eigenvalue weighted by Crippen LogP contribution is 2.54. The van der Waals surface area contributed by atoms with E-state index in [4.69, 9.17) is 8.85 Å². The summed E-state index contributed by atoms with van der Waals surface area (Å²) < 4.78 is 14.2. The van der Waals surface area contributed by atoms with Crippen molar-refractivity contribution in [2.75, 3.05) is 13.2 Å². The summed E-state index contributed by atoms with van der Waals surface area (Å²) in [6, 6.07) is 0. The lowest BCUT2D eigenvalue weighted by Gasteiger charge is -2.45. The number of allylic oxidation sites excluding steroid dienone is 1. The molecule has 6 heteroatoms. The summed E-state index contributed by atoms with van der Waals surface area (Å²) in [6.45, 7) is 38.4. The van der Waals surface area contributed by atoms with E-state index in [-0.39, 0.29) is 23.5 Å². The van der Waals surface area contributed by atoms with Gasteiger partial charge in [0.25, 0.3) is 0 Å². The molecule has 4 nitrogen and oxygen atoms in total. The molecule has 2 aliphatic rings. The summed E-state index contributed by atoms with van der Waals surface area (Å²) in [7, 11) is -4.09. The molecular weight excluding hydrogens is 565 g/mol. The Labute approximate surface area is 269 Å². The number of aliphatic hydroxyl groups is 1. The molecule has 0 radical (unpaired) electrons. The number of carbonyl (C=O) groups is 1. The molecule has 1 saturated carbocycles. The van der Waals surface area contributed by atoms with E-state index in [1.807, 2.05) is 0 Å². The zero-order valence-corrected chi connectivity index (χ0v) is 33.3. The lowest BCUT2D eigenvalue weighted by molar-refractivity contribution is -0.128. The van der Waals surface area contributed by atoms with Crippen molar-refractivity contribution < 1.29 is 18.8 Å². The molecule has 0 bridgehead atoms. The number of hydrogen-bond donors (Lipinski definition) is 1. The van der Waals surface area contributed by atoms with Crippen LogP contribution in [-0.2, 0) is 13.6 Å². The van der Waals surface area contributed by atoms with Crippen LogP contribution in [0.2, 0.25) is 33.2 Å². The van der Waals surface area contributed by atoms with Gasteiger partial charge in [-0.15, -0.1) is 0 Å². The second-order valence-corrected chi connectivity index (χ2v) is 27.8. The van der Waals surface area contributed by atoms with Crippen LogP contribution in [0.1, 0.15) is 136 Å². The number of aliphatic hydroxyl groups excluding tert-OH is 1. The molecule has 2 aliphatic carbocycles. The van der Waals surface area contributed by atoms with Crippen LogP contribution in [0.3, 0.4) is 0 Å². The molecule has 1 N–H and O–H groups in total. The Bertz CT molecular complexity index is 907. The van der Waals surface area contributed by atoms with Crippen molar-refractivity contribution in [2.24, 2.45) is 29.1 Å². The monoisotopic (exact) mass is 636 g/mol. The van der Waals surface area contributed by atoms with Crippen LogP contribution in [-0.4, -0.2) is 46.8 Å². The van der Waals surface area contributed by atoms with Crippen molar-refractivity contribution >= 4 is 22.4 Å². The minimum absolute atomic E-state index is 0.151. The maximum absolute atomic E-state index is 13.6. The molecule has 0 amide bonds. The maximum atomic E-state index is 13.6. The summed E-state index contributed by atoms with van der Waals surface area (Å²) in [6.07, 6.45) is 2.62. The average molecular weight is 637 g/mol. The summed E-state index contributed by atoms with van der Waals surface area (Å²) in [5.41, 5.74) is 5.41. The summed E-state index contributed by atoms with van der Waals surface area (Å²) >= 11 is 0. The fourth-order valence-electron chi connectivity index (χ4n) is 10.2. The van der Waals surface area contributed by atoms with E-state index in [9.17, 15) is 9.90 Å². The highest BCUT2D eigenvalue weighted by Gasteiger charge is 2.54. The second kappa shape index (κ2) is 15.1. The van der Waals surface area contributed by atoms with Crippen LogP contribution in [0.5, 0.6) is 0 Å². The van der Waals surface area contributed by atoms with Crippen molar-refractivity contribution in [1.29, 1.82) is 0 Å². The predicted octanol–water partition coefficient (Wildman–Crippen LogP) is 10.7. The molecule has 2 rings (SSSR count). The molecule has 0 spiro atoms. The third-order valence-corrected chi connectivity index (χ3v) is 24.6. The van der Waals surface area contributed by atoms with Gasteiger partial charge in [-0.2, -0.15) is 0 Å². The Kier molecular flexibility index (Phi) is 13.6. The molecule has 5 atom stereocenters. The summed E-state index contributed by atoms with van der Waals surface area (Å²) in [4.78, 5) is 13.6. The maximum Gasteiger partial charge on any atom is 0.200 e. The zero-order chi connectivity index (χ0) is 33.2. The van der Waals surface area contributed by atoms with Crippen molar-refractivity contribution in [1.82, 2.24) is 0 Å². The smallest absolute Gasteiger partial charge is 0.200 e. The molecule has 1 fully saturated rings. The van der Waals surface area contributed by atoms with E-state index in [1.54, 1.807) is 0 Å². The quantitative estimate of drug-likeness (QED) is 0.135. The molecule has 0 aliphatic heterocycles. The van der Waals surface area contributed by atoms with Gasteiger partial charge in [0, 0.05) is 24.4 Å². The van der Waals surface area contributed by atoms with Gasteiger partial charge in [-0.25, -0.2) is 0 Å². The third kappa shape index (κ3) is 7.34. The Morgan fingerprint density at radius 3 is 1.60 bits per heavy atom. The fourth-order valence-corrected chi connectivity index (χ4v) is 21.2. The molecule has 252 valence electrons. The third-order valence-electron chi connectivity index (χ3n) is 12.4. The Morgan fingerprint density at radius 2 is 1.19 bits per heavy atom. The molecule has 0 aromatic carbocycles. The van der Waals surface area contributed by atoms with Gasteiger partial charge < -0.3 is 14.0 Å². The highest BCUT2D eigenvalue weighted by atomic mass is 28.4. The first-order chi connectivity index (χ1) is 19.7. The molecule has 0 saturated heterocycles. The van der Waals surface area contributed by atoms with Crippen LogP contribution in [0.15, 0.2) is 11.1 Å². The second-order valence-electron chi connectivity index (χ2n) is 16.9. The fraction of sp³-hybridized carbons (Fsp3) is 0.919. The van der Waals surface area contributed by atoms with Crippen molar-refractivity contribution in [3.05, 3.63) is 11.1 Å². The Morgan fingerprint density at radius 1 is 0.744 bits per heavy atom. The van der Waals surface area contributed by atoms with Gasteiger partial charge >= 0.3 is 0 Å². The van der Waals surface area contributed by atoms with Crippen LogP contribution in [0.25, 0.3) is 0 Å². The number of rotatable bonds is 16. The van der Waals surface area contributed by atoms with Crippen LogP contribution >= 0.6 is 0 Å². The first kappa shape index (κ1) is 38.9. The number of hydrogen-bond acceptors (Lipinski definition) is 4. The van der Waals surface area contributed by atoms with Crippen LogP contribution < -0.4 is 0 Å². The van der Waals surface area contributed by atoms with E-state index in [1.165, 1.54) is 11.1 Å². The van der Waals surface area contributed by atoms with E-state index in [2.05, 4.69) is 111 Å². The minimum atomic E-state index is -2.09. The van der Waals surface area contributed by atoms with Crippen molar-refractivity contribution in [3.8, 4) is 0 Å². The standard InChI is InChI=1S/C37H72O4Si2/c1-23(2)31-19-20-37(16,33(31)22-41-43(27(9)10,28(11)12)29(13)14)36(39)35-32(17-18-34(35)38)30(15)21-40-42(24(3)4,25(5)6)26(7)8/h23-30,32,35-36,39H,17-22H2,1-16H3/t30-,32-,35+,36?,37-/m0/s1. The summed E-state index contributed by atoms with van der Waals surface area (Å²) in [5, 5.41) is 12.4. The van der Waals surface area contributed by atoms with E-state index in [0.717, 1.165) is 19.3 Å². The van der Waals surface area contributed by atoms with Gasteiger partial charge in [0.1, 0.15) is 5.78 Å². The molecule has 1 unspecified atom stereocenters. The number of ketones is 1. The Balaban J connectivity index is 2.42. The van der Waals surface area contributed by atoms with Gasteiger partial charge in [-0.05, 0) is 75.8 Å². The van der Waals surface area contributed by atoms with Gasteiger partial charge in [0.05, 0.1) is 12.7 Å². The average Bonchev–Trinajstić information content (AvgIpc) is 3.43. The van der Waals surface area contributed by atoms with Gasteiger partial charge in [-0.3, -0.25) is 4.79 Å². The molecule has 0 aromatic rings. The molecule has 43 heavy (non-hydrogen) atoms.